The standard InChI is InChI=1S/C9H2F5NOS/c10-4-3(2-1-17-9(16)15-2)5(11)7(13)8(14)6(4)12/h1H,(H,15,16). The zero-order chi connectivity index (χ0) is 12.7. The molecule has 0 amide bonds. The molecule has 0 aliphatic carbocycles. The van der Waals surface area contributed by atoms with E-state index in [0.29, 0.717) is 11.3 Å². The molecular formula is C9H2F5NOS. The van der Waals surface area contributed by atoms with Crippen molar-refractivity contribution >= 4 is 11.3 Å². The van der Waals surface area contributed by atoms with Gasteiger partial charge < -0.3 is 4.98 Å². The lowest BCUT2D eigenvalue weighted by molar-refractivity contribution is 0.381. The third-order valence-electron chi connectivity index (χ3n) is 2.00. The van der Waals surface area contributed by atoms with Gasteiger partial charge in [0.15, 0.2) is 23.3 Å². The van der Waals surface area contributed by atoms with Crippen LogP contribution in [0.1, 0.15) is 0 Å². The maximum Gasteiger partial charge on any atom is 0.304 e. The molecule has 8 heteroatoms. The molecule has 0 spiro atoms. The largest absolute Gasteiger partial charge is 0.312 e. The summed E-state index contributed by atoms with van der Waals surface area (Å²) in [6.45, 7) is 0. The zero-order valence-corrected chi connectivity index (χ0v) is 8.60. The highest BCUT2D eigenvalue weighted by atomic mass is 32.1. The lowest BCUT2D eigenvalue weighted by Crippen LogP contribution is -2.05. The first kappa shape index (κ1) is 11.8. The van der Waals surface area contributed by atoms with E-state index in [2.05, 4.69) is 0 Å². The number of hydrogen-bond donors (Lipinski definition) is 1. The molecule has 0 radical (unpaired) electrons. The predicted octanol–water partition coefficient (Wildman–Crippen LogP) is 2.80. The topological polar surface area (TPSA) is 32.9 Å². The molecule has 2 nitrogen and oxygen atoms in total. The molecule has 1 aromatic carbocycles. The number of benzene rings is 1. The predicted molar refractivity (Wildman–Crippen MR) is 50.2 cm³/mol. The van der Waals surface area contributed by atoms with E-state index in [1.165, 1.54) is 0 Å². The van der Waals surface area contributed by atoms with Crippen LogP contribution in [0.4, 0.5) is 22.0 Å². The first-order valence-corrected chi connectivity index (χ1v) is 5.01. The molecular weight excluding hydrogens is 265 g/mol. The van der Waals surface area contributed by atoms with E-state index in [0.717, 1.165) is 5.38 Å². The Kier molecular flexibility index (Phi) is 2.74. The molecule has 2 rings (SSSR count). The normalized spacial score (nSPS) is 10.9. The molecule has 0 atom stereocenters. The van der Waals surface area contributed by atoms with Gasteiger partial charge in [-0.15, -0.1) is 0 Å². The minimum absolute atomic E-state index is 0.451. The van der Waals surface area contributed by atoms with Crippen molar-refractivity contribution in [3.8, 4) is 11.3 Å². The molecule has 0 bridgehead atoms. The summed E-state index contributed by atoms with van der Waals surface area (Å²) in [5.74, 6) is -10.3. The van der Waals surface area contributed by atoms with E-state index in [1.807, 2.05) is 4.98 Å². The fourth-order valence-corrected chi connectivity index (χ4v) is 1.81. The summed E-state index contributed by atoms with van der Waals surface area (Å²) < 4.78 is 64.9. The van der Waals surface area contributed by atoms with Crippen molar-refractivity contribution in [1.29, 1.82) is 0 Å². The first-order valence-electron chi connectivity index (χ1n) is 4.13. The maximum absolute atomic E-state index is 13.3. The Labute approximate surface area is 94.3 Å². The van der Waals surface area contributed by atoms with Gasteiger partial charge in [0.2, 0.25) is 5.82 Å². The number of H-pyrrole nitrogens is 1. The van der Waals surface area contributed by atoms with Crippen LogP contribution in [0.3, 0.4) is 0 Å². The van der Waals surface area contributed by atoms with Crippen molar-refractivity contribution in [3.05, 3.63) is 44.1 Å². The van der Waals surface area contributed by atoms with Crippen LogP contribution in [0.2, 0.25) is 0 Å². The molecule has 17 heavy (non-hydrogen) atoms. The molecule has 0 fully saturated rings. The van der Waals surface area contributed by atoms with Crippen molar-refractivity contribution in [1.82, 2.24) is 4.98 Å². The van der Waals surface area contributed by atoms with Gasteiger partial charge in [-0.3, -0.25) is 4.79 Å². The summed E-state index contributed by atoms with van der Waals surface area (Å²) in [6, 6.07) is 0. The molecule has 0 unspecified atom stereocenters. The Bertz CT molecular complexity index is 618. The van der Waals surface area contributed by atoms with Crippen molar-refractivity contribution < 1.29 is 22.0 Å². The fourth-order valence-electron chi connectivity index (χ4n) is 1.24. The zero-order valence-electron chi connectivity index (χ0n) is 7.78. The Balaban J connectivity index is 2.83. The Hall–Kier alpha value is -1.70. The number of aromatic amines is 1. The third-order valence-corrected chi connectivity index (χ3v) is 2.67. The van der Waals surface area contributed by atoms with E-state index in [9.17, 15) is 26.7 Å². The number of hydrogen-bond acceptors (Lipinski definition) is 2. The van der Waals surface area contributed by atoms with Crippen LogP contribution < -0.4 is 4.87 Å². The van der Waals surface area contributed by atoms with Gasteiger partial charge in [-0.2, -0.15) is 0 Å². The van der Waals surface area contributed by atoms with Crippen LogP contribution in [-0.2, 0) is 0 Å². The van der Waals surface area contributed by atoms with Crippen molar-refractivity contribution in [3.63, 3.8) is 0 Å². The highest BCUT2D eigenvalue weighted by Crippen LogP contribution is 2.30. The van der Waals surface area contributed by atoms with Gasteiger partial charge in [-0.1, -0.05) is 11.3 Å². The average Bonchev–Trinajstić information content (AvgIpc) is 2.71. The molecule has 1 N–H and O–H groups in total. The van der Waals surface area contributed by atoms with Crippen LogP contribution in [-0.4, -0.2) is 4.98 Å². The van der Waals surface area contributed by atoms with Crippen molar-refractivity contribution in [2.75, 3.05) is 0 Å². The summed E-state index contributed by atoms with van der Waals surface area (Å²) in [4.78, 5) is 12.1. The second-order valence-corrected chi connectivity index (χ2v) is 3.85. The van der Waals surface area contributed by atoms with Crippen molar-refractivity contribution in [2.24, 2.45) is 0 Å². The number of rotatable bonds is 1. The molecule has 0 aliphatic heterocycles. The minimum atomic E-state index is -2.23. The lowest BCUT2D eigenvalue weighted by atomic mass is 10.1. The number of aromatic nitrogens is 1. The summed E-state index contributed by atoms with van der Waals surface area (Å²) >= 11 is 0.549. The summed E-state index contributed by atoms with van der Waals surface area (Å²) in [7, 11) is 0. The van der Waals surface area contributed by atoms with Gasteiger partial charge in [-0.25, -0.2) is 22.0 Å². The maximum atomic E-state index is 13.3. The summed E-state index contributed by atoms with van der Waals surface area (Å²) in [6.07, 6.45) is 0. The van der Waals surface area contributed by atoms with Crippen LogP contribution >= 0.6 is 11.3 Å². The smallest absolute Gasteiger partial charge is 0.304 e. The van der Waals surface area contributed by atoms with Gasteiger partial charge in [-0.05, 0) is 0 Å². The van der Waals surface area contributed by atoms with E-state index in [-0.39, 0.29) is 0 Å². The molecule has 1 aromatic heterocycles. The number of halogens is 5. The average molecular weight is 267 g/mol. The highest BCUT2D eigenvalue weighted by molar-refractivity contribution is 7.07. The highest BCUT2D eigenvalue weighted by Gasteiger charge is 2.27. The Morgan fingerprint density at radius 2 is 1.35 bits per heavy atom. The number of thiazole rings is 1. The molecule has 2 aromatic rings. The van der Waals surface area contributed by atoms with Crippen LogP contribution in [0, 0.1) is 29.1 Å². The molecule has 90 valence electrons. The lowest BCUT2D eigenvalue weighted by Gasteiger charge is -2.05. The van der Waals surface area contributed by atoms with Gasteiger partial charge in [0.1, 0.15) is 0 Å². The Morgan fingerprint density at radius 3 is 1.76 bits per heavy atom. The van der Waals surface area contributed by atoms with E-state index in [4.69, 9.17) is 0 Å². The molecule has 1 heterocycles. The van der Waals surface area contributed by atoms with Crippen molar-refractivity contribution in [2.45, 2.75) is 0 Å². The third kappa shape index (κ3) is 1.74. The summed E-state index contributed by atoms with van der Waals surface area (Å²) in [5.41, 5.74) is -1.59. The quantitative estimate of drug-likeness (QED) is 0.481. The molecule has 0 saturated carbocycles. The van der Waals surface area contributed by atoms with E-state index in [1.54, 1.807) is 0 Å². The van der Waals surface area contributed by atoms with Crippen LogP contribution in [0.5, 0.6) is 0 Å². The van der Waals surface area contributed by atoms with E-state index >= 15 is 0 Å². The SMILES string of the molecule is O=c1[nH]c(-c2c(F)c(F)c(F)c(F)c2F)cs1. The van der Waals surface area contributed by atoms with E-state index < -0.39 is 45.2 Å². The molecule has 0 saturated heterocycles. The Morgan fingerprint density at radius 1 is 0.882 bits per heavy atom. The van der Waals surface area contributed by atoms with Gasteiger partial charge >= 0.3 is 4.87 Å². The van der Waals surface area contributed by atoms with Crippen LogP contribution in [0.25, 0.3) is 11.3 Å². The second-order valence-electron chi connectivity index (χ2n) is 3.01. The fraction of sp³-hybridized carbons (Fsp3) is 0. The van der Waals surface area contributed by atoms with Gasteiger partial charge in [0.05, 0.1) is 11.3 Å². The first-order chi connectivity index (χ1) is 7.93. The molecule has 0 aliphatic rings. The van der Waals surface area contributed by atoms with Crippen LogP contribution in [0.15, 0.2) is 10.2 Å². The minimum Gasteiger partial charge on any atom is -0.312 e. The monoisotopic (exact) mass is 267 g/mol. The van der Waals surface area contributed by atoms with Gasteiger partial charge in [0, 0.05) is 5.38 Å². The van der Waals surface area contributed by atoms with Gasteiger partial charge in [0.25, 0.3) is 0 Å². The second kappa shape index (κ2) is 3.95. The number of nitrogens with one attached hydrogen (secondary N) is 1. The summed E-state index contributed by atoms with van der Waals surface area (Å²) in [5, 5.41) is 0.973.